The van der Waals surface area contributed by atoms with Gasteiger partial charge in [0.15, 0.2) is 0 Å². The summed E-state index contributed by atoms with van der Waals surface area (Å²) in [4.78, 5) is 21.2. The SMILES string of the molecule is NN1CC(N)(C(=O)O)CC1C(=O)O. The molecule has 0 aromatic carbocycles. The second-order valence-corrected chi connectivity index (χ2v) is 3.19. The van der Waals surface area contributed by atoms with Crippen LogP contribution in [0.2, 0.25) is 0 Å². The largest absolute Gasteiger partial charge is 0.480 e. The number of nitrogens with two attached hydrogens (primary N) is 2. The van der Waals surface area contributed by atoms with Crippen LogP contribution in [0, 0.1) is 0 Å². The second kappa shape index (κ2) is 2.95. The molecule has 1 rings (SSSR count). The van der Waals surface area contributed by atoms with Gasteiger partial charge in [-0.05, 0) is 0 Å². The third kappa shape index (κ3) is 1.62. The zero-order valence-corrected chi connectivity index (χ0v) is 6.80. The molecule has 0 bridgehead atoms. The summed E-state index contributed by atoms with van der Waals surface area (Å²) in [7, 11) is 0. The number of nitrogens with zero attached hydrogens (tertiary/aromatic N) is 1. The summed E-state index contributed by atoms with van der Waals surface area (Å²) in [6.45, 7) is -0.153. The number of hydrogen-bond acceptors (Lipinski definition) is 5. The highest BCUT2D eigenvalue weighted by Gasteiger charge is 2.48. The van der Waals surface area contributed by atoms with Crippen molar-refractivity contribution < 1.29 is 19.8 Å². The summed E-state index contributed by atoms with van der Waals surface area (Å²) in [6, 6.07) is -1.01. The summed E-state index contributed by atoms with van der Waals surface area (Å²) >= 11 is 0. The van der Waals surface area contributed by atoms with Gasteiger partial charge < -0.3 is 15.9 Å². The van der Waals surface area contributed by atoms with Crippen LogP contribution in [0.3, 0.4) is 0 Å². The predicted octanol–water partition coefficient (Wildman–Crippen LogP) is -2.20. The molecule has 13 heavy (non-hydrogen) atoms. The summed E-state index contributed by atoms with van der Waals surface area (Å²) in [5.41, 5.74) is 3.89. The topological polar surface area (TPSA) is 130 Å². The minimum Gasteiger partial charge on any atom is -0.480 e. The minimum absolute atomic E-state index is 0.153. The Morgan fingerprint density at radius 3 is 2.23 bits per heavy atom. The van der Waals surface area contributed by atoms with Crippen molar-refractivity contribution in [2.45, 2.75) is 18.0 Å². The molecule has 1 aliphatic rings. The molecule has 1 heterocycles. The van der Waals surface area contributed by atoms with Crippen LogP contribution in [0.25, 0.3) is 0 Å². The molecule has 7 heteroatoms. The van der Waals surface area contributed by atoms with Crippen LogP contribution in [-0.2, 0) is 9.59 Å². The standard InChI is InChI=1S/C6H11N3O4/c7-6(5(12)13)1-3(4(10)11)9(8)2-6/h3H,1-2,7-8H2,(H,10,11)(H,12,13). The van der Waals surface area contributed by atoms with Crippen LogP contribution < -0.4 is 11.6 Å². The van der Waals surface area contributed by atoms with Crippen molar-refractivity contribution in [2.24, 2.45) is 11.6 Å². The first kappa shape index (κ1) is 9.90. The van der Waals surface area contributed by atoms with E-state index in [4.69, 9.17) is 21.8 Å². The Balaban J connectivity index is 2.80. The second-order valence-electron chi connectivity index (χ2n) is 3.19. The van der Waals surface area contributed by atoms with Gasteiger partial charge in [-0.1, -0.05) is 0 Å². The molecule has 1 fully saturated rings. The first-order chi connectivity index (χ1) is 5.87. The Kier molecular flexibility index (Phi) is 2.24. The van der Waals surface area contributed by atoms with E-state index >= 15 is 0 Å². The molecule has 0 aliphatic carbocycles. The summed E-state index contributed by atoms with van der Waals surface area (Å²) in [6.07, 6.45) is -0.172. The molecular weight excluding hydrogens is 178 g/mol. The lowest BCUT2D eigenvalue weighted by Crippen LogP contribution is -2.50. The Morgan fingerprint density at radius 2 is 2.00 bits per heavy atom. The van der Waals surface area contributed by atoms with E-state index in [2.05, 4.69) is 0 Å². The third-order valence-electron chi connectivity index (χ3n) is 2.13. The number of carboxylic acids is 2. The lowest BCUT2D eigenvalue weighted by Gasteiger charge is -2.16. The zero-order valence-electron chi connectivity index (χ0n) is 6.80. The van der Waals surface area contributed by atoms with Crippen LogP contribution in [-0.4, -0.2) is 45.3 Å². The lowest BCUT2D eigenvalue weighted by atomic mass is 9.98. The molecule has 0 amide bonds. The Morgan fingerprint density at radius 1 is 1.46 bits per heavy atom. The van der Waals surface area contributed by atoms with Gasteiger partial charge in [-0.3, -0.25) is 15.4 Å². The fraction of sp³-hybridized carbons (Fsp3) is 0.667. The van der Waals surface area contributed by atoms with Crippen molar-refractivity contribution in [1.29, 1.82) is 0 Å². The maximum Gasteiger partial charge on any atom is 0.325 e. The van der Waals surface area contributed by atoms with Crippen LogP contribution >= 0.6 is 0 Å². The Bertz CT molecular complexity index is 256. The number of aliphatic carboxylic acids is 2. The van der Waals surface area contributed by atoms with Gasteiger partial charge in [-0.2, -0.15) is 0 Å². The zero-order chi connectivity index (χ0) is 10.2. The van der Waals surface area contributed by atoms with Gasteiger partial charge in [0.2, 0.25) is 0 Å². The predicted molar refractivity (Wildman–Crippen MR) is 41.5 cm³/mol. The average Bonchev–Trinajstić information content (AvgIpc) is 2.28. The Labute approximate surface area is 73.9 Å². The number of carboxylic acid groups (broad SMARTS) is 2. The van der Waals surface area contributed by atoms with Crippen LogP contribution in [0.15, 0.2) is 0 Å². The summed E-state index contributed by atoms with van der Waals surface area (Å²) in [5, 5.41) is 18.3. The normalized spacial score (nSPS) is 34.8. The molecule has 74 valence electrons. The van der Waals surface area contributed by atoms with Gasteiger partial charge in [-0.25, -0.2) is 5.01 Å². The van der Waals surface area contributed by atoms with Crippen LogP contribution in [0.4, 0.5) is 0 Å². The van der Waals surface area contributed by atoms with Gasteiger partial charge in [0.25, 0.3) is 0 Å². The van der Waals surface area contributed by atoms with Gasteiger partial charge in [0.05, 0.1) is 0 Å². The smallest absolute Gasteiger partial charge is 0.325 e. The van der Waals surface area contributed by atoms with Gasteiger partial charge in [-0.15, -0.1) is 0 Å². The number of rotatable bonds is 2. The summed E-state index contributed by atoms with van der Waals surface area (Å²) in [5.74, 6) is 2.92. The molecule has 2 atom stereocenters. The van der Waals surface area contributed by atoms with Crippen molar-refractivity contribution >= 4 is 11.9 Å². The van der Waals surface area contributed by atoms with Crippen LogP contribution in [0.5, 0.6) is 0 Å². The van der Waals surface area contributed by atoms with Crippen molar-refractivity contribution in [3.63, 3.8) is 0 Å². The molecular formula is C6H11N3O4. The average molecular weight is 189 g/mol. The molecule has 0 spiro atoms. The summed E-state index contributed by atoms with van der Waals surface area (Å²) < 4.78 is 0. The Hall–Kier alpha value is -1.18. The van der Waals surface area contributed by atoms with Gasteiger partial charge in [0, 0.05) is 13.0 Å². The molecule has 0 aromatic heterocycles. The van der Waals surface area contributed by atoms with E-state index in [1.54, 1.807) is 0 Å². The fourth-order valence-electron chi connectivity index (χ4n) is 1.35. The molecule has 1 saturated heterocycles. The first-order valence-electron chi connectivity index (χ1n) is 3.63. The fourth-order valence-corrected chi connectivity index (χ4v) is 1.35. The molecule has 0 saturated carbocycles. The van der Waals surface area contributed by atoms with E-state index in [9.17, 15) is 9.59 Å². The molecule has 0 aromatic rings. The van der Waals surface area contributed by atoms with Crippen molar-refractivity contribution in [3.05, 3.63) is 0 Å². The maximum absolute atomic E-state index is 10.6. The molecule has 2 unspecified atom stereocenters. The van der Waals surface area contributed by atoms with E-state index in [1.807, 2.05) is 0 Å². The van der Waals surface area contributed by atoms with Gasteiger partial charge in [0.1, 0.15) is 11.6 Å². The van der Waals surface area contributed by atoms with Crippen molar-refractivity contribution in [1.82, 2.24) is 5.01 Å². The molecule has 1 aliphatic heterocycles. The van der Waals surface area contributed by atoms with Gasteiger partial charge >= 0.3 is 11.9 Å². The molecule has 0 radical (unpaired) electrons. The van der Waals surface area contributed by atoms with Crippen molar-refractivity contribution in [3.8, 4) is 0 Å². The van der Waals surface area contributed by atoms with E-state index < -0.39 is 23.5 Å². The van der Waals surface area contributed by atoms with Crippen molar-refractivity contribution in [2.75, 3.05) is 6.54 Å². The monoisotopic (exact) mass is 189 g/mol. The quantitative estimate of drug-likeness (QED) is 0.362. The lowest BCUT2D eigenvalue weighted by molar-refractivity contribution is -0.142. The van der Waals surface area contributed by atoms with E-state index in [-0.39, 0.29) is 13.0 Å². The highest BCUT2D eigenvalue weighted by atomic mass is 16.4. The highest BCUT2D eigenvalue weighted by molar-refractivity contribution is 5.83. The molecule has 6 N–H and O–H groups in total. The number of carbonyl (C=O) groups is 2. The van der Waals surface area contributed by atoms with Crippen LogP contribution in [0.1, 0.15) is 6.42 Å². The van der Waals surface area contributed by atoms with E-state index in [0.29, 0.717) is 0 Å². The third-order valence-corrected chi connectivity index (χ3v) is 2.13. The number of hydrazine groups is 1. The van der Waals surface area contributed by atoms with E-state index in [0.717, 1.165) is 5.01 Å². The highest BCUT2D eigenvalue weighted by Crippen LogP contribution is 2.22. The first-order valence-corrected chi connectivity index (χ1v) is 3.63. The minimum atomic E-state index is -1.54. The number of hydrogen-bond donors (Lipinski definition) is 4. The maximum atomic E-state index is 10.6. The molecule has 7 nitrogen and oxygen atoms in total. The van der Waals surface area contributed by atoms with E-state index in [1.165, 1.54) is 0 Å².